The van der Waals surface area contributed by atoms with Crippen molar-refractivity contribution in [1.82, 2.24) is 9.97 Å². The summed E-state index contributed by atoms with van der Waals surface area (Å²) in [6.07, 6.45) is 3.60. The molecule has 0 unspecified atom stereocenters. The molecule has 1 rings (SSSR count). The molecule has 1 N–H and O–H groups in total. The molecular weight excluding hydrogens is 194 g/mol. The van der Waals surface area contributed by atoms with E-state index in [9.17, 15) is 0 Å². The van der Waals surface area contributed by atoms with Crippen LogP contribution in [0.1, 0.15) is 19.5 Å². The molecule has 0 aliphatic carbocycles. The van der Waals surface area contributed by atoms with Gasteiger partial charge in [-0.2, -0.15) is 11.8 Å². The van der Waals surface area contributed by atoms with E-state index in [0.717, 1.165) is 23.2 Å². The molecule has 0 fully saturated rings. The van der Waals surface area contributed by atoms with Crippen LogP contribution in [0.4, 0.5) is 5.82 Å². The first-order valence-corrected chi connectivity index (χ1v) is 5.94. The van der Waals surface area contributed by atoms with Gasteiger partial charge in [-0.1, -0.05) is 13.8 Å². The Hall–Kier alpha value is -0.770. The van der Waals surface area contributed by atoms with Gasteiger partial charge in [0, 0.05) is 12.8 Å². The average molecular weight is 211 g/mol. The lowest BCUT2D eigenvalue weighted by atomic mass is 10.3. The second kappa shape index (κ2) is 5.86. The first-order valence-electron chi connectivity index (χ1n) is 4.78. The summed E-state index contributed by atoms with van der Waals surface area (Å²) >= 11 is 1.90. The maximum absolute atomic E-state index is 4.30. The Labute approximate surface area is 89.7 Å². The van der Waals surface area contributed by atoms with Gasteiger partial charge in [0.25, 0.3) is 0 Å². The van der Waals surface area contributed by atoms with Crippen LogP contribution in [-0.2, 0) is 5.75 Å². The van der Waals surface area contributed by atoms with E-state index in [0.29, 0.717) is 0 Å². The van der Waals surface area contributed by atoms with Crippen LogP contribution in [0.25, 0.3) is 0 Å². The molecular formula is C10H17N3S. The quantitative estimate of drug-likeness (QED) is 0.811. The molecule has 0 aliphatic heterocycles. The number of hydrogen-bond acceptors (Lipinski definition) is 4. The van der Waals surface area contributed by atoms with E-state index >= 15 is 0 Å². The summed E-state index contributed by atoms with van der Waals surface area (Å²) in [7, 11) is 1.84. The van der Waals surface area contributed by atoms with E-state index in [4.69, 9.17) is 0 Å². The summed E-state index contributed by atoms with van der Waals surface area (Å²) in [6, 6.07) is 0. The minimum absolute atomic E-state index is 0.740. The summed E-state index contributed by atoms with van der Waals surface area (Å²) < 4.78 is 0. The summed E-state index contributed by atoms with van der Waals surface area (Å²) in [6.45, 7) is 4.45. The molecule has 0 atom stereocenters. The maximum atomic E-state index is 4.30. The number of anilines is 1. The van der Waals surface area contributed by atoms with E-state index in [1.807, 2.05) is 25.0 Å². The topological polar surface area (TPSA) is 37.8 Å². The van der Waals surface area contributed by atoms with Gasteiger partial charge in [0.05, 0.1) is 18.1 Å². The van der Waals surface area contributed by atoms with Crippen LogP contribution >= 0.6 is 11.8 Å². The SMILES string of the molecule is CNc1cnc(CSCC(C)C)cn1. The van der Waals surface area contributed by atoms with Gasteiger partial charge in [-0.05, 0) is 11.7 Å². The summed E-state index contributed by atoms with van der Waals surface area (Å²) in [4.78, 5) is 8.51. The largest absolute Gasteiger partial charge is 0.372 e. The summed E-state index contributed by atoms with van der Waals surface area (Å²) in [5, 5.41) is 2.95. The molecule has 78 valence electrons. The van der Waals surface area contributed by atoms with E-state index in [2.05, 4.69) is 29.1 Å². The summed E-state index contributed by atoms with van der Waals surface area (Å²) in [5.74, 6) is 3.69. The molecule has 1 aromatic rings. The molecule has 0 amide bonds. The molecule has 0 aliphatic rings. The Bertz CT molecular complexity index is 259. The first-order chi connectivity index (χ1) is 6.72. The van der Waals surface area contributed by atoms with Crippen LogP contribution in [0.3, 0.4) is 0 Å². The zero-order valence-corrected chi connectivity index (χ0v) is 9.77. The van der Waals surface area contributed by atoms with E-state index < -0.39 is 0 Å². The minimum atomic E-state index is 0.740. The highest BCUT2D eigenvalue weighted by molar-refractivity contribution is 7.98. The molecule has 0 aromatic carbocycles. The Morgan fingerprint density at radius 1 is 1.36 bits per heavy atom. The van der Waals surface area contributed by atoms with Crippen molar-refractivity contribution in [2.45, 2.75) is 19.6 Å². The number of rotatable bonds is 5. The fraction of sp³-hybridized carbons (Fsp3) is 0.600. The van der Waals surface area contributed by atoms with Gasteiger partial charge in [-0.3, -0.25) is 4.98 Å². The van der Waals surface area contributed by atoms with Gasteiger partial charge in [-0.25, -0.2) is 4.98 Å². The molecule has 0 radical (unpaired) electrons. The fourth-order valence-corrected chi connectivity index (χ4v) is 1.91. The average Bonchev–Trinajstić information content (AvgIpc) is 2.18. The van der Waals surface area contributed by atoms with Crippen molar-refractivity contribution < 1.29 is 0 Å². The molecule has 4 heteroatoms. The fourth-order valence-electron chi connectivity index (χ4n) is 0.958. The van der Waals surface area contributed by atoms with Crippen molar-refractivity contribution in [3.8, 4) is 0 Å². The van der Waals surface area contributed by atoms with Gasteiger partial charge in [0.15, 0.2) is 0 Å². The van der Waals surface area contributed by atoms with Crippen LogP contribution in [0, 0.1) is 5.92 Å². The normalized spacial score (nSPS) is 10.6. The second-order valence-corrected chi connectivity index (χ2v) is 4.58. The zero-order valence-electron chi connectivity index (χ0n) is 8.95. The lowest BCUT2D eigenvalue weighted by molar-refractivity contribution is 0.750. The molecule has 1 heterocycles. The molecule has 0 spiro atoms. The molecule has 0 saturated heterocycles. The second-order valence-electron chi connectivity index (χ2n) is 3.55. The molecule has 0 saturated carbocycles. The third kappa shape index (κ3) is 3.96. The van der Waals surface area contributed by atoms with E-state index in [1.54, 1.807) is 6.20 Å². The third-order valence-corrected chi connectivity index (χ3v) is 3.06. The maximum Gasteiger partial charge on any atom is 0.144 e. The van der Waals surface area contributed by atoms with Crippen molar-refractivity contribution >= 4 is 17.6 Å². The lowest BCUT2D eigenvalue weighted by Gasteiger charge is -2.04. The van der Waals surface area contributed by atoms with Crippen molar-refractivity contribution in [3.63, 3.8) is 0 Å². The minimum Gasteiger partial charge on any atom is -0.372 e. The van der Waals surface area contributed by atoms with E-state index in [1.165, 1.54) is 5.75 Å². The Balaban J connectivity index is 2.36. The Morgan fingerprint density at radius 3 is 2.64 bits per heavy atom. The van der Waals surface area contributed by atoms with E-state index in [-0.39, 0.29) is 0 Å². The van der Waals surface area contributed by atoms with Crippen molar-refractivity contribution in [2.24, 2.45) is 5.92 Å². The first kappa shape index (κ1) is 11.3. The van der Waals surface area contributed by atoms with Crippen LogP contribution in [0.2, 0.25) is 0 Å². The number of nitrogens with zero attached hydrogens (tertiary/aromatic N) is 2. The highest BCUT2D eigenvalue weighted by atomic mass is 32.2. The highest BCUT2D eigenvalue weighted by Gasteiger charge is 1.98. The Morgan fingerprint density at radius 2 is 2.14 bits per heavy atom. The standard InChI is InChI=1S/C10H17N3S/c1-8(2)6-14-7-9-4-13-10(11-3)5-12-9/h4-5,8H,6-7H2,1-3H3,(H,11,13). The van der Waals surface area contributed by atoms with Crippen molar-refractivity contribution in [2.75, 3.05) is 18.1 Å². The van der Waals surface area contributed by atoms with Crippen molar-refractivity contribution in [3.05, 3.63) is 18.1 Å². The van der Waals surface area contributed by atoms with Gasteiger partial charge in [0.2, 0.25) is 0 Å². The van der Waals surface area contributed by atoms with Crippen LogP contribution < -0.4 is 5.32 Å². The lowest BCUT2D eigenvalue weighted by Crippen LogP contribution is -1.97. The zero-order chi connectivity index (χ0) is 10.4. The number of aromatic nitrogens is 2. The number of hydrogen-bond donors (Lipinski definition) is 1. The molecule has 0 bridgehead atoms. The summed E-state index contributed by atoms with van der Waals surface area (Å²) in [5.41, 5.74) is 1.05. The van der Waals surface area contributed by atoms with Crippen molar-refractivity contribution in [1.29, 1.82) is 0 Å². The van der Waals surface area contributed by atoms with Crippen LogP contribution in [-0.4, -0.2) is 22.8 Å². The highest BCUT2D eigenvalue weighted by Crippen LogP contribution is 2.13. The predicted molar refractivity (Wildman–Crippen MR) is 62.6 cm³/mol. The molecule has 1 aromatic heterocycles. The van der Waals surface area contributed by atoms with Gasteiger partial charge in [0.1, 0.15) is 5.82 Å². The number of nitrogens with one attached hydrogen (secondary N) is 1. The monoisotopic (exact) mass is 211 g/mol. The molecule has 14 heavy (non-hydrogen) atoms. The number of thioether (sulfide) groups is 1. The van der Waals surface area contributed by atoms with Crippen LogP contribution in [0.15, 0.2) is 12.4 Å². The Kier molecular flexibility index (Phi) is 4.73. The third-order valence-electron chi connectivity index (χ3n) is 1.66. The van der Waals surface area contributed by atoms with Gasteiger partial charge < -0.3 is 5.32 Å². The van der Waals surface area contributed by atoms with Gasteiger partial charge >= 0.3 is 0 Å². The smallest absolute Gasteiger partial charge is 0.144 e. The molecule has 3 nitrogen and oxygen atoms in total. The van der Waals surface area contributed by atoms with Crippen LogP contribution in [0.5, 0.6) is 0 Å². The van der Waals surface area contributed by atoms with Gasteiger partial charge in [-0.15, -0.1) is 0 Å². The predicted octanol–water partition coefficient (Wildman–Crippen LogP) is 2.41.